The van der Waals surface area contributed by atoms with Gasteiger partial charge in [-0.15, -0.1) is 5.10 Å². The van der Waals surface area contributed by atoms with E-state index in [0.717, 1.165) is 25.7 Å². The molecule has 2 N–H and O–H groups in total. The standard InChI is InChI=1S/C15H20N4O2/c20-15(11-6-3-1-2-4-7-11)16-10-13-17-14(19-18-13)12-8-5-9-21-12/h5,8-9,11H,1-4,6-7,10H2,(H,16,20)(H,17,18,19). The van der Waals surface area contributed by atoms with E-state index in [1.54, 1.807) is 18.4 Å². The van der Waals surface area contributed by atoms with Crippen LogP contribution in [0.1, 0.15) is 44.3 Å². The Hall–Kier alpha value is -2.11. The number of carbonyl (C=O) groups excluding carboxylic acids is 1. The summed E-state index contributed by atoms with van der Waals surface area (Å²) in [5.74, 6) is 2.06. The molecular formula is C15H20N4O2. The topological polar surface area (TPSA) is 83.8 Å². The van der Waals surface area contributed by atoms with E-state index in [1.165, 1.54) is 12.8 Å². The zero-order valence-corrected chi connectivity index (χ0v) is 12.0. The number of carbonyl (C=O) groups is 1. The number of aromatic nitrogens is 3. The van der Waals surface area contributed by atoms with Gasteiger partial charge in [0.1, 0.15) is 5.82 Å². The van der Waals surface area contributed by atoms with Gasteiger partial charge in [-0.1, -0.05) is 25.7 Å². The summed E-state index contributed by atoms with van der Waals surface area (Å²) in [6, 6.07) is 3.59. The van der Waals surface area contributed by atoms with Crippen molar-refractivity contribution in [2.75, 3.05) is 0 Å². The highest BCUT2D eigenvalue weighted by molar-refractivity contribution is 5.78. The van der Waals surface area contributed by atoms with Gasteiger partial charge >= 0.3 is 0 Å². The molecule has 0 radical (unpaired) electrons. The number of amides is 1. The van der Waals surface area contributed by atoms with E-state index < -0.39 is 0 Å². The molecule has 1 saturated carbocycles. The van der Waals surface area contributed by atoms with Crippen molar-refractivity contribution in [3.05, 3.63) is 24.2 Å². The van der Waals surface area contributed by atoms with Crippen LogP contribution in [0.4, 0.5) is 0 Å². The summed E-state index contributed by atoms with van der Waals surface area (Å²) in [6.07, 6.45) is 8.39. The van der Waals surface area contributed by atoms with E-state index in [1.807, 2.05) is 0 Å². The maximum absolute atomic E-state index is 12.2. The number of aromatic amines is 1. The van der Waals surface area contributed by atoms with Gasteiger partial charge in [0.2, 0.25) is 11.7 Å². The molecule has 3 rings (SSSR count). The first kappa shape index (κ1) is 13.9. The highest BCUT2D eigenvalue weighted by Gasteiger charge is 2.20. The normalized spacial score (nSPS) is 16.6. The van der Waals surface area contributed by atoms with E-state index in [4.69, 9.17) is 4.42 Å². The Morgan fingerprint density at radius 2 is 2.14 bits per heavy atom. The molecule has 112 valence electrons. The molecule has 6 heteroatoms. The van der Waals surface area contributed by atoms with Crippen LogP contribution in [-0.2, 0) is 11.3 Å². The zero-order chi connectivity index (χ0) is 14.5. The van der Waals surface area contributed by atoms with Gasteiger partial charge in [-0.3, -0.25) is 9.89 Å². The van der Waals surface area contributed by atoms with Gasteiger partial charge in [-0.05, 0) is 25.0 Å². The van der Waals surface area contributed by atoms with E-state index in [0.29, 0.717) is 24.0 Å². The summed E-state index contributed by atoms with van der Waals surface area (Å²) in [5.41, 5.74) is 0. The molecule has 1 aliphatic carbocycles. The molecule has 0 saturated heterocycles. The smallest absolute Gasteiger partial charge is 0.223 e. The number of rotatable bonds is 4. The Bertz CT molecular complexity index is 568. The fraction of sp³-hybridized carbons (Fsp3) is 0.533. The molecular weight excluding hydrogens is 268 g/mol. The van der Waals surface area contributed by atoms with E-state index in [9.17, 15) is 4.79 Å². The van der Waals surface area contributed by atoms with Crippen molar-refractivity contribution >= 4 is 5.91 Å². The number of nitrogens with one attached hydrogen (secondary N) is 2. The van der Waals surface area contributed by atoms with Gasteiger partial charge in [0, 0.05) is 5.92 Å². The maximum Gasteiger partial charge on any atom is 0.223 e. The molecule has 6 nitrogen and oxygen atoms in total. The summed E-state index contributed by atoms with van der Waals surface area (Å²) < 4.78 is 5.24. The number of hydrogen-bond acceptors (Lipinski definition) is 4. The quantitative estimate of drug-likeness (QED) is 0.847. The van der Waals surface area contributed by atoms with E-state index in [-0.39, 0.29) is 11.8 Å². The third kappa shape index (κ3) is 3.51. The third-order valence-corrected chi connectivity index (χ3v) is 3.93. The second-order valence-corrected chi connectivity index (χ2v) is 5.49. The lowest BCUT2D eigenvalue weighted by Gasteiger charge is -2.13. The van der Waals surface area contributed by atoms with Crippen LogP contribution in [0.3, 0.4) is 0 Å². The highest BCUT2D eigenvalue weighted by atomic mass is 16.3. The van der Waals surface area contributed by atoms with Crippen LogP contribution in [0, 0.1) is 5.92 Å². The second kappa shape index (κ2) is 6.56. The minimum absolute atomic E-state index is 0.132. The fourth-order valence-electron chi connectivity index (χ4n) is 2.75. The molecule has 21 heavy (non-hydrogen) atoms. The predicted molar refractivity (Wildman–Crippen MR) is 77.1 cm³/mol. The molecule has 0 aromatic carbocycles. The van der Waals surface area contributed by atoms with Crippen molar-refractivity contribution in [2.24, 2.45) is 5.92 Å². The van der Waals surface area contributed by atoms with Gasteiger partial charge in [-0.2, -0.15) is 0 Å². The Labute approximate surface area is 123 Å². The van der Waals surface area contributed by atoms with Crippen LogP contribution in [0.25, 0.3) is 11.6 Å². The molecule has 0 bridgehead atoms. The van der Waals surface area contributed by atoms with Crippen LogP contribution >= 0.6 is 0 Å². The number of nitrogens with zero attached hydrogens (tertiary/aromatic N) is 2. The van der Waals surface area contributed by atoms with Crippen LogP contribution in [0.2, 0.25) is 0 Å². The van der Waals surface area contributed by atoms with Gasteiger partial charge in [0.05, 0.1) is 12.8 Å². The molecule has 2 heterocycles. The van der Waals surface area contributed by atoms with Gasteiger partial charge in [-0.25, -0.2) is 4.98 Å². The fourth-order valence-corrected chi connectivity index (χ4v) is 2.75. The van der Waals surface area contributed by atoms with E-state index >= 15 is 0 Å². The molecule has 0 unspecified atom stereocenters. The van der Waals surface area contributed by atoms with Crippen LogP contribution in [-0.4, -0.2) is 21.1 Å². The monoisotopic (exact) mass is 288 g/mol. The average molecular weight is 288 g/mol. The van der Waals surface area contributed by atoms with Gasteiger partial charge < -0.3 is 9.73 Å². The maximum atomic E-state index is 12.2. The summed E-state index contributed by atoms with van der Waals surface area (Å²) in [4.78, 5) is 16.5. The molecule has 0 spiro atoms. The zero-order valence-electron chi connectivity index (χ0n) is 12.0. The molecule has 1 aliphatic rings. The SMILES string of the molecule is O=C(NCc1nc(-c2ccco2)n[nH]1)C1CCCCCC1. The highest BCUT2D eigenvalue weighted by Crippen LogP contribution is 2.23. The number of furan rings is 1. The molecule has 0 aliphatic heterocycles. The molecule has 2 aromatic rings. The summed E-state index contributed by atoms with van der Waals surface area (Å²) >= 11 is 0. The third-order valence-electron chi connectivity index (χ3n) is 3.93. The molecule has 1 amide bonds. The van der Waals surface area contributed by atoms with Crippen molar-refractivity contribution in [3.8, 4) is 11.6 Å². The Morgan fingerprint density at radius 1 is 1.33 bits per heavy atom. The van der Waals surface area contributed by atoms with Crippen molar-refractivity contribution < 1.29 is 9.21 Å². The first-order valence-electron chi connectivity index (χ1n) is 7.56. The van der Waals surface area contributed by atoms with Crippen LogP contribution in [0.5, 0.6) is 0 Å². The summed E-state index contributed by atoms with van der Waals surface area (Å²) in [5, 5.41) is 9.86. The largest absolute Gasteiger partial charge is 0.461 e. The van der Waals surface area contributed by atoms with Crippen molar-refractivity contribution in [2.45, 2.75) is 45.1 Å². The number of hydrogen-bond donors (Lipinski definition) is 2. The first-order valence-corrected chi connectivity index (χ1v) is 7.56. The van der Waals surface area contributed by atoms with Gasteiger partial charge in [0.15, 0.2) is 5.76 Å². The first-order chi connectivity index (χ1) is 10.3. The Morgan fingerprint density at radius 3 is 2.86 bits per heavy atom. The Kier molecular flexibility index (Phi) is 4.33. The minimum atomic E-state index is 0.132. The minimum Gasteiger partial charge on any atom is -0.461 e. The van der Waals surface area contributed by atoms with Crippen LogP contribution in [0.15, 0.2) is 22.8 Å². The van der Waals surface area contributed by atoms with Crippen molar-refractivity contribution in [3.63, 3.8) is 0 Å². The van der Waals surface area contributed by atoms with Crippen molar-refractivity contribution in [1.29, 1.82) is 0 Å². The molecule has 0 atom stereocenters. The molecule has 2 aromatic heterocycles. The second-order valence-electron chi connectivity index (χ2n) is 5.49. The lowest BCUT2D eigenvalue weighted by atomic mass is 9.99. The van der Waals surface area contributed by atoms with Gasteiger partial charge in [0.25, 0.3) is 0 Å². The van der Waals surface area contributed by atoms with Crippen LogP contribution < -0.4 is 5.32 Å². The predicted octanol–water partition coefficient (Wildman–Crippen LogP) is 2.65. The summed E-state index contributed by atoms with van der Waals surface area (Å²) in [7, 11) is 0. The lowest BCUT2D eigenvalue weighted by molar-refractivity contribution is -0.125. The summed E-state index contributed by atoms with van der Waals surface area (Å²) in [6.45, 7) is 0.378. The Balaban J connectivity index is 1.54. The van der Waals surface area contributed by atoms with E-state index in [2.05, 4.69) is 20.5 Å². The average Bonchev–Trinajstić information content (AvgIpc) is 3.11. The van der Waals surface area contributed by atoms with Crippen molar-refractivity contribution in [1.82, 2.24) is 20.5 Å². The molecule has 1 fully saturated rings. The lowest BCUT2D eigenvalue weighted by Crippen LogP contribution is -2.30. The number of H-pyrrole nitrogens is 1.